The van der Waals surface area contributed by atoms with Gasteiger partial charge in [-0.2, -0.15) is 0 Å². The van der Waals surface area contributed by atoms with Gasteiger partial charge in [-0.25, -0.2) is 4.39 Å². The average molecular weight is 281 g/mol. The highest BCUT2D eigenvalue weighted by Gasteiger charge is 2.25. The highest BCUT2D eigenvalue weighted by Crippen LogP contribution is 2.23. The summed E-state index contributed by atoms with van der Waals surface area (Å²) in [5.74, 6) is -0.282. The number of nitrogens with zero attached hydrogens (tertiary/aromatic N) is 1. The molecule has 4 heteroatoms. The monoisotopic (exact) mass is 281 g/mol. The highest BCUT2D eigenvalue weighted by molar-refractivity contribution is 5.18. The van der Waals surface area contributed by atoms with Gasteiger partial charge in [0.2, 0.25) is 0 Å². The lowest BCUT2D eigenvalue weighted by molar-refractivity contribution is 0.0441. The quantitative estimate of drug-likeness (QED) is 0.891. The van der Waals surface area contributed by atoms with Gasteiger partial charge in [0.1, 0.15) is 5.82 Å². The standard InChI is InChI=1S/C16H24FNO2/c1-16(20)8-2-10-18(12-9-16)11-7-15(19)13-3-5-14(17)6-4-13/h3-6,15,19-20H,2,7-12H2,1H3. The van der Waals surface area contributed by atoms with Crippen molar-refractivity contribution in [3.05, 3.63) is 35.6 Å². The van der Waals surface area contributed by atoms with E-state index in [1.165, 1.54) is 12.1 Å². The maximum atomic E-state index is 12.8. The molecule has 0 saturated carbocycles. The Hall–Kier alpha value is -0.970. The second-order valence-electron chi connectivity index (χ2n) is 6.05. The Labute approximate surface area is 120 Å². The van der Waals surface area contributed by atoms with Crippen molar-refractivity contribution in [2.75, 3.05) is 19.6 Å². The molecule has 0 bridgehead atoms. The number of hydrogen-bond donors (Lipinski definition) is 2. The number of rotatable bonds is 4. The van der Waals surface area contributed by atoms with Gasteiger partial charge in [-0.15, -0.1) is 0 Å². The lowest BCUT2D eigenvalue weighted by Gasteiger charge is -2.23. The number of aliphatic hydroxyl groups excluding tert-OH is 1. The summed E-state index contributed by atoms with van der Waals surface area (Å²) < 4.78 is 12.8. The largest absolute Gasteiger partial charge is 0.390 e. The van der Waals surface area contributed by atoms with E-state index in [1.54, 1.807) is 12.1 Å². The van der Waals surface area contributed by atoms with Gasteiger partial charge < -0.3 is 15.1 Å². The van der Waals surface area contributed by atoms with Crippen molar-refractivity contribution in [3.8, 4) is 0 Å². The number of benzene rings is 1. The van der Waals surface area contributed by atoms with Gasteiger partial charge in [0.25, 0.3) is 0 Å². The first-order valence-corrected chi connectivity index (χ1v) is 7.34. The lowest BCUT2D eigenvalue weighted by atomic mass is 9.98. The molecule has 0 aliphatic carbocycles. The van der Waals surface area contributed by atoms with Crippen molar-refractivity contribution in [3.63, 3.8) is 0 Å². The molecule has 0 amide bonds. The first-order chi connectivity index (χ1) is 9.46. The number of hydrogen-bond acceptors (Lipinski definition) is 3. The van der Waals surface area contributed by atoms with Crippen LogP contribution in [-0.2, 0) is 0 Å². The molecular weight excluding hydrogens is 257 g/mol. The molecule has 3 nitrogen and oxygen atoms in total. The van der Waals surface area contributed by atoms with Crippen LogP contribution in [0.4, 0.5) is 4.39 Å². The Morgan fingerprint density at radius 3 is 2.65 bits per heavy atom. The van der Waals surface area contributed by atoms with Crippen LogP contribution in [0.5, 0.6) is 0 Å². The van der Waals surface area contributed by atoms with Crippen molar-refractivity contribution in [2.24, 2.45) is 0 Å². The zero-order chi connectivity index (χ0) is 14.6. The van der Waals surface area contributed by atoms with E-state index < -0.39 is 11.7 Å². The van der Waals surface area contributed by atoms with Crippen LogP contribution in [0.15, 0.2) is 24.3 Å². The summed E-state index contributed by atoms with van der Waals surface area (Å²) >= 11 is 0. The van der Waals surface area contributed by atoms with Crippen LogP contribution in [-0.4, -0.2) is 40.3 Å². The Morgan fingerprint density at radius 1 is 1.25 bits per heavy atom. The molecule has 1 fully saturated rings. The Morgan fingerprint density at radius 2 is 1.95 bits per heavy atom. The molecule has 1 saturated heterocycles. The zero-order valence-corrected chi connectivity index (χ0v) is 12.1. The van der Waals surface area contributed by atoms with E-state index in [4.69, 9.17) is 0 Å². The first-order valence-electron chi connectivity index (χ1n) is 7.34. The van der Waals surface area contributed by atoms with E-state index >= 15 is 0 Å². The molecule has 1 aliphatic rings. The van der Waals surface area contributed by atoms with Crippen molar-refractivity contribution in [1.29, 1.82) is 0 Å². The predicted octanol–water partition coefficient (Wildman–Crippen LogP) is 2.49. The normalized spacial score (nSPS) is 26.2. The van der Waals surface area contributed by atoms with Crippen LogP contribution in [0.25, 0.3) is 0 Å². The highest BCUT2D eigenvalue weighted by atomic mass is 19.1. The van der Waals surface area contributed by atoms with Gasteiger partial charge in [-0.05, 0) is 56.8 Å². The van der Waals surface area contributed by atoms with E-state index in [1.807, 2.05) is 6.92 Å². The Balaban J connectivity index is 1.81. The summed E-state index contributed by atoms with van der Waals surface area (Å²) in [5.41, 5.74) is 0.206. The van der Waals surface area contributed by atoms with Crippen LogP contribution in [0.3, 0.4) is 0 Å². The smallest absolute Gasteiger partial charge is 0.123 e. The van der Waals surface area contributed by atoms with Gasteiger partial charge in [0, 0.05) is 13.1 Å². The van der Waals surface area contributed by atoms with E-state index in [2.05, 4.69) is 4.90 Å². The van der Waals surface area contributed by atoms with Gasteiger partial charge in [0.15, 0.2) is 0 Å². The average Bonchev–Trinajstić information content (AvgIpc) is 2.58. The summed E-state index contributed by atoms with van der Waals surface area (Å²) in [6.45, 7) is 4.52. The molecule has 0 radical (unpaired) electrons. The van der Waals surface area contributed by atoms with Gasteiger partial charge in [0.05, 0.1) is 11.7 Å². The molecule has 112 valence electrons. The summed E-state index contributed by atoms with van der Waals surface area (Å²) in [4.78, 5) is 2.29. The fraction of sp³-hybridized carbons (Fsp3) is 0.625. The van der Waals surface area contributed by atoms with Crippen LogP contribution in [0.2, 0.25) is 0 Å². The molecule has 0 spiro atoms. The maximum absolute atomic E-state index is 12.8. The summed E-state index contributed by atoms with van der Waals surface area (Å²) in [7, 11) is 0. The van der Waals surface area contributed by atoms with E-state index in [9.17, 15) is 14.6 Å². The number of likely N-dealkylation sites (tertiary alicyclic amines) is 1. The van der Waals surface area contributed by atoms with Crippen molar-refractivity contribution >= 4 is 0 Å². The molecule has 2 rings (SSSR count). The zero-order valence-electron chi connectivity index (χ0n) is 12.1. The molecule has 2 atom stereocenters. The van der Waals surface area contributed by atoms with Crippen molar-refractivity contribution < 1.29 is 14.6 Å². The van der Waals surface area contributed by atoms with Gasteiger partial charge in [-0.1, -0.05) is 12.1 Å². The van der Waals surface area contributed by atoms with Crippen LogP contribution >= 0.6 is 0 Å². The lowest BCUT2D eigenvalue weighted by Crippen LogP contribution is -2.29. The molecule has 1 aromatic rings. The fourth-order valence-corrected chi connectivity index (χ4v) is 2.70. The van der Waals surface area contributed by atoms with Crippen LogP contribution < -0.4 is 0 Å². The van der Waals surface area contributed by atoms with E-state index in [0.717, 1.165) is 44.5 Å². The number of aliphatic hydroxyl groups is 2. The fourth-order valence-electron chi connectivity index (χ4n) is 2.70. The van der Waals surface area contributed by atoms with Crippen LogP contribution in [0, 0.1) is 5.82 Å². The minimum Gasteiger partial charge on any atom is -0.390 e. The van der Waals surface area contributed by atoms with Gasteiger partial charge in [-0.3, -0.25) is 0 Å². The SMILES string of the molecule is CC1(O)CCCN(CCC(O)c2ccc(F)cc2)CC1. The molecule has 2 N–H and O–H groups in total. The molecule has 1 aromatic carbocycles. The predicted molar refractivity (Wildman–Crippen MR) is 76.9 cm³/mol. The number of halogens is 1. The molecule has 1 aliphatic heterocycles. The third-order valence-corrected chi connectivity index (χ3v) is 4.13. The third-order valence-electron chi connectivity index (χ3n) is 4.13. The molecule has 1 heterocycles. The molecular formula is C16H24FNO2. The Kier molecular flexibility index (Phi) is 5.13. The second-order valence-corrected chi connectivity index (χ2v) is 6.05. The minimum atomic E-state index is -0.556. The summed E-state index contributed by atoms with van der Waals surface area (Å²) in [6.07, 6.45) is 2.68. The molecule has 20 heavy (non-hydrogen) atoms. The molecule has 0 aromatic heterocycles. The first kappa shape index (κ1) is 15.4. The van der Waals surface area contributed by atoms with Crippen molar-refractivity contribution in [2.45, 2.75) is 44.3 Å². The topological polar surface area (TPSA) is 43.7 Å². The summed E-state index contributed by atoms with van der Waals surface area (Å²) in [5, 5.41) is 20.2. The minimum absolute atomic E-state index is 0.282. The molecule has 2 unspecified atom stereocenters. The van der Waals surface area contributed by atoms with E-state index in [-0.39, 0.29) is 5.82 Å². The van der Waals surface area contributed by atoms with E-state index in [0.29, 0.717) is 6.42 Å². The Bertz CT molecular complexity index is 419. The van der Waals surface area contributed by atoms with Gasteiger partial charge >= 0.3 is 0 Å². The maximum Gasteiger partial charge on any atom is 0.123 e. The second kappa shape index (κ2) is 6.66. The van der Waals surface area contributed by atoms with Crippen molar-refractivity contribution in [1.82, 2.24) is 4.90 Å². The third kappa shape index (κ3) is 4.54. The van der Waals surface area contributed by atoms with Crippen LogP contribution in [0.1, 0.15) is 44.3 Å². The summed E-state index contributed by atoms with van der Waals surface area (Å²) in [6, 6.07) is 6.02.